The monoisotopic (exact) mass is 304 g/mol. The van der Waals surface area contributed by atoms with E-state index in [9.17, 15) is 8.42 Å². The number of anilines is 2. The summed E-state index contributed by atoms with van der Waals surface area (Å²) in [5, 5.41) is 0. The molecule has 0 fully saturated rings. The number of ether oxygens (including phenoxy) is 1. The fraction of sp³-hybridized carbons (Fsp3) is 0.200. The minimum atomic E-state index is -3.65. The number of hydrogen-bond donors (Lipinski definition) is 1. The van der Waals surface area contributed by atoms with Crippen molar-refractivity contribution in [3.8, 4) is 5.75 Å². The summed E-state index contributed by atoms with van der Waals surface area (Å²) in [6, 6.07) is 12.1. The maximum atomic E-state index is 12.8. The Morgan fingerprint density at radius 3 is 2.67 bits per heavy atom. The summed E-state index contributed by atoms with van der Waals surface area (Å²) < 4.78 is 32.1. The molecule has 2 aromatic rings. The van der Waals surface area contributed by atoms with E-state index in [4.69, 9.17) is 10.5 Å². The van der Waals surface area contributed by atoms with E-state index in [0.717, 1.165) is 11.3 Å². The Labute approximate surface area is 124 Å². The van der Waals surface area contributed by atoms with Crippen molar-refractivity contribution < 1.29 is 13.2 Å². The largest absolute Gasteiger partial charge is 0.497 e. The minimum absolute atomic E-state index is 0.111. The lowest BCUT2D eigenvalue weighted by atomic mass is 10.2. The van der Waals surface area contributed by atoms with Crippen molar-refractivity contribution in [3.05, 3.63) is 48.0 Å². The maximum absolute atomic E-state index is 12.8. The summed E-state index contributed by atoms with van der Waals surface area (Å²) in [5.41, 5.74) is 7.84. The summed E-state index contributed by atoms with van der Waals surface area (Å²) >= 11 is 0. The van der Waals surface area contributed by atoms with Gasteiger partial charge in [-0.3, -0.25) is 4.31 Å². The van der Waals surface area contributed by atoms with Gasteiger partial charge in [-0.05, 0) is 30.2 Å². The average molecular weight is 304 g/mol. The van der Waals surface area contributed by atoms with Gasteiger partial charge in [-0.2, -0.15) is 0 Å². The van der Waals surface area contributed by atoms with Gasteiger partial charge in [0.25, 0.3) is 10.0 Å². The topological polar surface area (TPSA) is 72.6 Å². The van der Waals surface area contributed by atoms with E-state index in [1.54, 1.807) is 6.07 Å². The average Bonchev–Trinajstić information content (AvgIpc) is 2.91. The molecule has 110 valence electrons. The van der Waals surface area contributed by atoms with Crippen molar-refractivity contribution in [1.82, 2.24) is 0 Å². The molecule has 1 aliphatic heterocycles. The zero-order valence-electron chi connectivity index (χ0n) is 11.6. The number of para-hydroxylation sites is 1. The first-order valence-corrected chi connectivity index (χ1v) is 8.02. The van der Waals surface area contributed by atoms with Gasteiger partial charge < -0.3 is 10.5 Å². The molecular formula is C15H16N2O3S. The zero-order chi connectivity index (χ0) is 15.0. The van der Waals surface area contributed by atoms with Crippen LogP contribution < -0.4 is 14.8 Å². The van der Waals surface area contributed by atoms with Crippen LogP contribution >= 0.6 is 0 Å². The molecule has 0 saturated heterocycles. The van der Waals surface area contributed by atoms with Gasteiger partial charge in [0.15, 0.2) is 0 Å². The molecule has 0 aromatic heterocycles. The number of methoxy groups -OCH3 is 1. The molecule has 0 saturated carbocycles. The maximum Gasteiger partial charge on any atom is 0.266 e. The number of sulfonamides is 1. The van der Waals surface area contributed by atoms with Crippen LogP contribution in [0.3, 0.4) is 0 Å². The minimum Gasteiger partial charge on any atom is -0.497 e. The molecule has 1 aliphatic rings. The molecule has 0 bridgehead atoms. The predicted molar refractivity (Wildman–Crippen MR) is 82.1 cm³/mol. The Morgan fingerprint density at radius 2 is 1.95 bits per heavy atom. The number of nitrogen functional groups attached to an aromatic ring is 1. The van der Waals surface area contributed by atoms with Crippen LogP contribution in [0.2, 0.25) is 0 Å². The first-order valence-electron chi connectivity index (χ1n) is 6.58. The fourth-order valence-corrected chi connectivity index (χ4v) is 4.17. The van der Waals surface area contributed by atoms with Crippen molar-refractivity contribution in [1.29, 1.82) is 0 Å². The van der Waals surface area contributed by atoms with E-state index < -0.39 is 10.0 Å². The van der Waals surface area contributed by atoms with E-state index in [1.165, 1.54) is 23.5 Å². The van der Waals surface area contributed by atoms with Gasteiger partial charge in [0, 0.05) is 12.6 Å². The highest BCUT2D eigenvalue weighted by Gasteiger charge is 2.31. The van der Waals surface area contributed by atoms with E-state index >= 15 is 0 Å². The fourth-order valence-electron chi connectivity index (χ4n) is 2.56. The number of fused-ring (bicyclic) bond motifs is 1. The highest BCUT2D eigenvalue weighted by molar-refractivity contribution is 7.93. The normalized spacial score (nSPS) is 14.0. The van der Waals surface area contributed by atoms with Gasteiger partial charge in [-0.1, -0.05) is 18.2 Å². The molecule has 5 nitrogen and oxygen atoms in total. The lowest BCUT2D eigenvalue weighted by Gasteiger charge is -2.20. The van der Waals surface area contributed by atoms with Crippen molar-refractivity contribution in [2.24, 2.45) is 0 Å². The smallest absolute Gasteiger partial charge is 0.266 e. The number of nitrogens with zero attached hydrogens (tertiary/aromatic N) is 1. The summed E-state index contributed by atoms with van der Waals surface area (Å²) in [5.74, 6) is 0.535. The molecule has 6 heteroatoms. The third kappa shape index (κ3) is 2.21. The number of rotatable bonds is 3. The quantitative estimate of drug-likeness (QED) is 0.881. The lowest BCUT2D eigenvalue weighted by Crippen LogP contribution is -2.29. The third-order valence-electron chi connectivity index (χ3n) is 3.63. The Morgan fingerprint density at radius 1 is 1.19 bits per heavy atom. The second-order valence-electron chi connectivity index (χ2n) is 4.86. The predicted octanol–water partition coefficient (Wildman–Crippen LogP) is 2.03. The zero-order valence-corrected chi connectivity index (χ0v) is 12.4. The van der Waals surface area contributed by atoms with Crippen LogP contribution in [-0.4, -0.2) is 22.1 Å². The van der Waals surface area contributed by atoms with Crippen LogP contribution in [0.5, 0.6) is 5.75 Å². The van der Waals surface area contributed by atoms with Crippen molar-refractivity contribution in [2.75, 3.05) is 23.7 Å². The Balaban J connectivity index is 2.06. The van der Waals surface area contributed by atoms with Gasteiger partial charge in [0.2, 0.25) is 0 Å². The van der Waals surface area contributed by atoms with Crippen LogP contribution in [0, 0.1) is 0 Å². The highest BCUT2D eigenvalue weighted by atomic mass is 32.2. The molecule has 0 radical (unpaired) electrons. The molecule has 3 rings (SSSR count). The molecule has 0 amide bonds. The number of nitrogens with two attached hydrogens (primary N) is 1. The van der Waals surface area contributed by atoms with Gasteiger partial charge in [-0.15, -0.1) is 0 Å². The van der Waals surface area contributed by atoms with Gasteiger partial charge in [0.1, 0.15) is 10.6 Å². The van der Waals surface area contributed by atoms with E-state index in [2.05, 4.69) is 0 Å². The van der Waals surface area contributed by atoms with Gasteiger partial charge in [-0.25, -0.2) is 8.42 Å². The van der Waals surface area contributed by atoms with E-state index in [0.29, 0.717) is 18.7 Å². The summed E-state index contributed by atoms with van der Waals surface area (Å²) in [6.45, 7) is 0.438. The second kappa shape index (κ2) is 4.96. The highest BCUT2D eigenvalue weighted by Crippen LogP contribution is 2.35. The second-order valence-corrected chi connectivity index (χ2v) is 6.69. The Bertz CT molecular complexity index is 787. The van der Waals surface area contributed by atoms with Crippen LogP contribution in [0.1, 0.15) is 5.56 Å². The molecule has 0 spiro atoms. The van der Waals surface area contributed by atoms with Crippen molar-refractivity contribution in [3.63, 3.8) is 0 Å². The van der Waals surface area contributed by atoms with Gasteiger partial charge in [0.05, 0.1) is 18.5 Å². The molecule has 2 N–H and O–H groups in total. The Hall–Kier alpha value is -2.21. The summed E-state index contributed by atoms with van der Waals surface area (Å²) in [4.78, 5) is 0.111. The van der Waals surface area contributed by atoms with E-state index in [1.807, 2.05) is 24.3 Å². The molecule has 0 unspecified atom stereocenters. The molecule has 21 heavy (non-hydrogen) atoms. The molecule has 0 atom stereocenters. The van der Waals surface area contributed by atoms with Crippen LogP contribution in [-0.2, 0) is 16.4 Å². The number of hydrogen-bond acceptors (Lipinski definition) is 4. The summed E-state index contributed by atoms with van der Waals surface area (Å²) in [7, 11) is -2.14. The first kappa shape index (κ1) is 13.8. The van der Waals surface area contributed by atoms with Crippen molar-refractivity contribution in [2.45, 2.75) is 11.3 Å². The van der Waals surface area contributed by atoms with E-state index in [-0.39, 0.29) is 10.6 Å². The third-order valence-corrected chi connectivity index (χ3v) is 5.52. The standard InChI is InChI=1S/C15H16N2O3S/c1-20-12-6-7-15(13(16)10-12)21(18,19)17-9-8-11-4-2-3-5-14(11)17/h2-7,10H,8-9,16H2,1H3. The molecule has 1 heterocycles. The van der Waals surface area contributed by atoms with Crippen LogP contribution in [0.25, 0.3) is 0 Å². The van der Waals surface area contributed by atoms with Crippen molar-refractivity contribution >= 4 is 21.4 Å². The molecule has 0 aliphatic carbocycles. The summed E-state index contributed by atoms with van der Waals surface area (Å²) in [6.07, 6.45) is 0.714. The Kier molecular flexibility index (Phi) is 3.25. The molecular weight excluding hydrogens is 288 g/mol. The first-order chi connectivity index (χ1) is 10.0. The lowest BCUT2D eigenvalue weighted by molar-refractivity contribution is 0.414. The number of benzene rings is 2. The van der Waals surface area contributed by atoms with Gasteiger partial charge >= 0.3 is 0 Å². The molecule has 2 aromatic carbocycles. The van der Waals surface area contributed by atoms with Crippen LogP contribution in [0.4, 0.5) is 11.4 Å². The van der Waals surface area contributed by atoms with Crippen LogP contribution in [0.15, 0.2) is 47.4 Å². The SMILES string of the molecule is COc1ccc(S(=O)(=O)N2CCc3ccccc32)c(N)c1.